The highest BCUT2D eigenvalue weighted by atomic mass is 35.5. The van der Waals surface area contributed by atoms with Crippen LogP contribution >= 0.6 is 11.6 Å². The summed E-state index contributed by atoms with van der Waals surface area (Å²) in [5.41, 5.74) is -2.78. The first-order chi connectivity index (χ1) is 9.22. The standard InChI is InChI=1S/C13H12ClF3O3/c1-20-10-6-8(13(15,16)17)7(5-9(10)14)12(11(18)19)3-2-4-12/h5-6H,2-4H2,1H3,(H,18,19). The van der Waals surface area contributed by atoms with Crippen molar-refractivity contribution in [3.63, 3.8) is 0 Å². The molecule has 1 aromatic rings. The molecule has 2 rings (SSSR count). The Morgan fingerprint density at radius 2 is 2.00 bits per heavy atom. The summed E-state index contributed by atoms with van der Waals surface area (Å²) in [5, 5.41) is 9.28. The Morgan fingerprint density at radius 3 is 2.35 bits per heavy atom. The summed E-state index contributed by atoms with van der Waals surface area (Å²) in [7, 11) is 1.21. The number of ether oxygens (including phenoxy) is 1. The Bertz CT molecular complexity index is 551. The van der Waals surface area contributed by atoms with Crippen LogP contribution in [0.2, 0.25) is 5.02 Å². The minimum absolute atomic E-state index is 0.0250. The van der Waals surface area contributed by atoms with Crippen LogP contribution in [0.1, 0.15) is 30.4 Å². The molecular weight excluding hydrogens is 297 g/mol. The lowest BCUT2D eigenvalue weighted by molar-refractivity contribution is -0.149. The second kappa shape index (κ2) is 4.84. The molecule has 7 heteroatoms. The smallest absolute Gasteiger partial charge is 0.416 e. The SMILES string of the molecule is COc1cc(C(F)(F)F)c(C2(C(=O)O)CCC2)cc1Cl. The summed E-state index contributed by atoms with van der Waals surface area (Å²) >= 11 is 5.86. The van der Waals surface area contributed by atoms with Crippen LogP contribution in [0.4, 0.5) is 13.2 Å². The summed E-state index contributed by atoms with van der Waals surface area (Å²) < 4.78 is 44.3. The third-order valence-corrected chi connectivity index (χ3v) is 4.02. The van der Waals surface area contributed by atoms with Gasteiger partial charge in [0, 0.05) is 0 Å². The molecule has 0 aromatic heterocycles. The number of hydrogen-bond donors (Lipinski definition) is 1. The number of aliphatic carboxylic acids is 1. The van der Waals surface area contributed by atoms with Crippen molar-refractivity contribution in [3.8, 4) is 5.75 Å². The van der Waals surface area contributed by atoms with E-state index >= 15 is 0 Å². The maximum Gasteiger partial charge on any atom is 0.416 e. The summed E-state index contributed by atoms with van der Waals surface area (Å²) in [4.78, 5) is 11.4. The number of carboxylic acid groups (broad SMARTS) is 1. The van der Waals surface area contributed by atoms with Crippen LogP contribution in [0.15, 0.2) is 12.1 Å². The molecule has 1 aliphatic carbocycles. The quantitative estimate of drug-likeness (QED) is 0.922. The van der Waals surface area contributed by atoms with E-state index in [1.165, 1.54) is 7.11 Å². The van der Waals surface area contributed by atoms with Crippen LogP contribution < -0.4 is 4.74 Å². The Hall–Kier alpha value is -1.43. The third kappa shape index (κ3) is 2.22. The van der Waals surface area contributed by atoms with Gasteiger partial charge in [0.25, 0.3) is 0 Å². The highest BCUT2D eigenvalue weighted by molar-refractivity contribution is 6.32. The minimum atomic E-state index is -4.66. The van der Waals surface area contributed by atoms with Gasteiger partial charge in [-0.15, -0.1) is 0 Å². The fraction of sp³-hybridized carbons (Fsp3) is 0.462. The van der Waals surface area contributed by atoms with Gasteiger partial charge in [-0.2, -0.15) is 13.2 Å². The molecule has 1 N–H and O–H groups in total. The zero-order valence-corrected chi connectivity index (χ0v) is 11.3. The van der Waals surface area contributed by atoms with Crippen molar-refractivity contribution in [1.29, 1.82) is 0 Å². The van der Waals surface area contributed by atoms with Gasteiger partial charge in [0.05, 0.1) is 23.1 Å². The predicted molar refractivity (Wildman–Crippen MR) is 66.2 cm³/mol. The highest BCUT2D eigenvalue weighted by Gasteiger charge is 2.51. The first-order valence-corrected chi connectivity index (χ1v) is 6.29. The summed E-state index contributed by atoms with van der Waals surface area (Å²) in [6.07, 6.45) is -3.74. The minimum Gasteiger partial charge on any atom is -0.495 e. The number of carbonyl (C=O) groups is 1. The Balaban J connectivity index is 2.68. The molecule has 0 unspecified atom stereocenters. The largest absolute Gasteiger partial charge is 0.495 e. The molecule has 0 aliphatic heterocycles. The normalized spacial score (nSPS) is 17.4. The molecule has 0 saturated heterocycles. The van der Waals surface area contributed by atoms with Crippen molar-refractivity contribution < 1.29 is 27.8 Å². The first-order valence-electron chi connectivity index (χ1n) is 5.91. The van der Waals surface area contributed by atoms with Crippen LogP contribution in [-0.2, 0) is 16.4 Å². The molecule has 1 aromatic carbocycles. The molecule has 0 bridgehead atoms. The van der Waals surface area contributed by atoms with Crippen molar-refractivity contribution in [3.05, 3.63) is 28.3 Å². The van der Waals surface area contributed by atoms with Crippen LogP contribution in [-0.4, -0.2) is 18.2 Å². The average molecular weight is 309 g/mol. The van der Waals surface area contributed by atoms with Crippen molar-refractivity contribution in [2.24, 2.45) is 0 Å². The molecule has 1 fully saturated rings. The zero-order chi connectivity index (χ0) is 15.1. The van der Waals surface area contributed by atoms with Gasteiger partial charge in [-0.25, -0.2) is 0 Å². The van der Waals surface area contributed by atoms with Crippen molar-refractivity contribution in [2.45, 2.75) is 30.9 Å². The molecule has 0 spiro atoms. The molecule has 0 radical (unpaired) electrons. The van der Waals surface area contributed by atoms with Crippen LogP contribution in [0.5, 0.6) is 5.75 Å². The fourth-order valence-corrected chi connectivity index (χ4v) is 2.71. The van der Waals surface area contributed by atoms with E-state index in [9.17, 15) is 23.1 Å². The summed E-state index contributed by atoms with van der Waals surface area (Å²) in [5.74, 6) is -1.38. The second-order valence-corrected chi connectivity index (χ2v) is 5.18. The van der Waals surface area contributed by atoms with E-state index in [4.69, 9.17) is 16.3 Å². The van der Waals surface area contributed by atoms with Crippen LogP contribution in [0.25, 0.3) is 0 Å². The number of halogens is 4. The Kier molecular flexibility index (Phi) is 3.62. The van der Waals surface area contributed by atoms with Crippen molar-refractivity contribution in [1.82, 2.24) is 0 Å². The molecule has 0 atom stereocenters. The lowest BCUT2D eigenvalue weighted by Gasteiger charge is -2.39. The molecule has 110 valence electrons. The Labute approximate surface area is 118 Å². The van der Waals surface area contributed by atoms with Crippen LogP contribution in [0, 0.1) is 0 Å². The highest BCUT2D eigenvalue weighted by Crippen LogP contribution is 2.50. The number of benzene rings is 1. The molecule has 0 heterocycles. The Morgan fingerprint density at radius 1 is 1.40 bits per heavy atom. The van der Waals surface area contributed by atoms with E-state index in [0.29, 0.717) is 6.42 Å². The van der Waals surface area contributed by atoms with Gasteiger partial charge in [0.1, 0.15) is 5.75 Å². The monoisotopic (exact) mass is 308 g/mol. The predicted octanol–water partition coefficient (Wildman–Crippen LogP) is 3.87. The summed E-state index contributed by atoms with van der Waals surface area (Å²) in [6, 6.07) is 1.83. The molecule has 0 amide bonds. The lowest BCUT2D eigenvalue weighted by Crippen LogP contribution is -2.43. The lowest BCUT2D eigenvalue weighted by atomic mass is 9.63. The fourth-order valence-electron chi connectivity index (χ4n) is 2.47. The molecule has 1 saturated carbocycles. The van der Waals surface area contributed by atoms with Crippen LogP contribution in [0.3, 0.4) is 0 Å². The van der Waals surface area contributed by atoms with E-state index in [1.54, 1.807) is 0 Å². The van der Waals surface area contributed by atoms with Gasteiger partial charge in [-0.05, 0) is 30.5 Å². The molecule has 3 nitrogen and oxygen atoms in total. The number of carboxylic acids is 1. The molecular formula is C13H12ClF3O3. The van der Waals surface area contributed by atoms with E-state index < -0.39 is 23.1 Å². The first kappa shape index (κ1) is 15.0. The van der Waals surface area contributed by atoms with Gasteiger partial charge in [0.2, 0.25) is 0 Å². The van der Waals surface area contributed by atoms with Gasteiger partial charge in [-0.1, -0.05) is 18.0 Å². The van der Waals surface area contributed by atoms with Gasteiger partial charge >= 0.3 is 12.1 Å². The van der Waals surface area contributed by atoms with Gasteiger partial charge < -0.3 is 9.84 Å². The average Bonchev–Trinajstić information content (AvgIpc) is 2.25. The zero-order valence-electron chi connectivity index (χ0n) is 10.6. The maximum atomic E-state index is 13.2. The third-order valence-electron chi connectivity index (χ3n) is 3.73. The number of alkyl halides is 3. The number of hydrogen-bond acceptors (Lipinski definition) is 2. The topological polar surface area (TPSA) is 46.5 Å². The number of methoxy groups -OCH3 is 1. The molecule has 1 aliphatic rings. The maximum absolute atomic E-state index is 13.2. The molecule has 20 heavy (non-hydrogen) atoms. The van der Waals surface area contributed by atoms with Crippen molar-refractivity contribution >= 4 is 17.6 Å². The second-order valence-electron chi connectivity index (χ2n) is 4.77. The van der Waals surface area contributed by atoms with Gasteiger partial charge in [0.15, 0.2) is 0 Å². The van der Waals surface area contributed by atoms with E-state index in [2.05, 4.69) is 0 Å². The summed E-state index contributed by atoms with van der Waals surface area (Å²) in [6.45, 7) is 0. The van der Waals surface area contributed by atoms with E-state index in [-0.39, 0.29) is 29.2 Å². The number of rotatable bonds is 3. The van der Waals surface area contributed by atoms with E-state index in [0.717, 1.165) is 12.1 Å². The van der Waals surface area contributed by atoms with E-state index in [1.807, 2.05) is 0 Å². The van der Waals surface area contributed by atoms with Gasteiger partial charge in [-0.3, -0.25) is 4.79 Å². The van der Waals surface area contributed by atoms with Crippen molar-refractivity contribution in [2.75, 3.05) is 7.11 Å².